The molecule has 0 unspecified atom stereocenters. The molecular formula is C16H16FNO3. The molecule has 2 aromatic rings. The van der Waals surface area contributed by atoms with Crippen LogP contribution in [0.25, 0.3) is 10.9 Å². The van der Waals surface area contributed by atoms with Crippen molar-refractivity contribution in [2.45, 2.75) is 18.5 Å². The Morgan fingerprint density at radius 1 is 1.33 bits per heavy atom. The summed E-state index contributed by atoms with van der Waals surface area (Å²) in [5, 5.41) is 0.616. The molecule has 0 spiro atoms. The van der Waals surface area contributed by atoms with Crippen molar-refractivity contribution in [3.05, 3.63) is 41.6 Å². The predicted molar refractivity (Wildman–Crippen MR) is 75.9 cm³/mol. The van der Waals surface area contributed by atoms with Crippen LogP contribution in [0.1, 0.15) is 28.8 Å². The maximum absolute atomic E-state index is 15.0. The van der Waals surface area contributed by atoms with Gasteiger partial charge in [-0.2, -0.15) is 0 Å². The lowest BCUT2D eigenvalue weighted by Gasteiger charge is -2.30. The van der Waals surface area contributed by atoms with Gasteiger partial charge in [0.2, 0.25) is 0 Å². The van der Waals surface area contributed by atoms with Crippen LogP contribution < -0.4 is 0 Å². The molecule has 1 aliphatic rings. The van der Waals surface area contributed by atoms with Crippen molar-refractivity contribution in [1.29, 1.82) is 0 Å². The molecule has 1 saturated heterocycles. The summed E-state index contributed by atoms with van der Waals surface area (Å²) in [6, 6.07) is 6.78. The van der Waals surface area contributed by atoms with Crippen LogP contribution in [0.2, 0.25) is 0 Å². The van der Waals surface area contributed by atoms with Crippen LogP contribution in [0.3, 0.4) is 0 Å². The lowest BCUT2D eigenvalue weighted by molar-refractivity contribution is -0.0114. The normalized spacial score (nSPS) is 17.6. The van der Waals surface area contributed by atoms with Crippen molar-refractivity contribution in [2.24, 2.45) is 0 Å². The number of nitrogens with zero attached hydrogens (tertiary/aromatic N) is 1. The van der Waals surface area contributed by atoms with Gasteiger partial charge in [-0.05, 0) is 23.8 Å². The molecule has 1 aromatic heterocycles. The fourth-order valence-corrected chi connectivity index (χ4v) is 2.70. The summed E-state index contributed by atoms with van der Waals surface area (Å²) in [7, 11) is 1.33. The second-order valence-electron chi connectivity index (χ2n) is 5.16. The van der Waals surface area contributed by atoms with E-state index in [0.29, 0.717) is 48.1 Å². The Morgan fingerprint density at radius 3 is 2.81 bits per heavy atom. The molecule has 0 radical (unpaired) electrons. The maximum atomic E-state index is 15.0. The number of ether oxygens (including phenoxy) is 2. The highest BCUT2D eigenvalue weighted by Crippen LogP contribution is 2.37. The highest BCUT2D eigenvalue weighted by Gasteiger charge is 2.34. The van der Waals surface area contributed by atoms with Gasteiger partial charge in [-0.15, -0.1) is 0 Å². The fraction of sp³-hybridized carbons (Fsp3) is 0.375. The van der Waals surface area contributed by atoms with Gasteiger partial charge in [0.15, 0.2) is 0 Å². The zero-order chi connectivity index (χ0) is 14.9. The molecule has 2 heterocycles. The number of fused-ring (bicyclic) bond motifs is 1. The van der Waals surface area contributed by atoms with Crippen molar-refractivity contribution in [1.82, 2.24) is 4.98 Å². The number of aromatic nitrogens is 1. The smallest absolute Gasteiger partial charge is 0.338 e. The lowest BCUT2D eigenvalue weighted by atomic mass is 9.87. The SMILES string of the molecule is COC(=O)c1ccnc2ccc(C3(F)CCOCC3)cc12. The molecule has 110 valence electrons. The molecule has 0 aliphatic carbocycles. The van der Waals surface area contributed by atoms with Gasteiger partial charge in [0.1, 0.15) is 5.67 Å². The average Bonchev–Trinajstić information content (AvgIpc) is 2.53. The Labute approximate surface area is 121 Å². The van der Waals surface area contributed by atoms with E-state index in [9.17, 15) is 4.79 Å². The largest absolute Gasteiger partial charge is 0.465 e. The predicted octanol–water partition coefficient (Wildman–Crippen LogP) is 3.00. The zero-order valence-corrected chi connectivity index (χ0v) is 11.8. The van der Waals surface area contributed by atoms with Crippen molar-refractivity contribution < 1.29 is 18.7 Å². The Hall–Kier alpha value is -2.01. The van der Waals surface area contributed by atoms with E-state index >= 15 is 4.39 Å². The van der Waals surface area contributed by atoms with E-state index in [1.807, 2.05) is 0 Å². The molecule has 1 fully saturated rings. The number of esters is 1. The molecule has 0 bridgehead atoms. The number of alkyl halides is 1. The zero-order valence-electron chi connectivity index (χ0n) is 11.8. The first-order chi connectivity index (χ1) is 10.1. The molecule has 0 N–H and O–H groups in total. The second kappa shape index (κ2) is 5.41. The monoisotopic (exact) mass is 289 g/mol. The quantitative estimate of drug-likeness (QED) is 0.797. The third kappa shape index (κ3) is 2.49. The fourth-order valence-electron chi connectivity index (χ4n) is 2.70. The summed E-state index contributed by atoms with van der Waals surface area (Å²) < 4.78 is 25.0. The minimum atomic E-state index is -1.41. The Morgan fingerprint density at radius 2 is 2.10 bits per heavy atom. The van der Waals surface area contributed by atoms with E-state index in [2.05, 4.69) is 4.98 Å². The summed E-state index contributed by atoms with van der Waals surface area (Å²) in [6.45, 7) is 0.816. The van der Waals surface area contributed by atoms with Crippen LogP contribution in [0.15, 0.2) is 30.5 Å². The molecule has 5 heteroatoms. The molecule has 0 saturated carbocycles. The number of hydrogen-bond donors (Lipinski definition) is 0. The highest BCUT2D eigenvalue weighted by molar-refractivity contribution is 6.03. The molecule has 3 rings (SSSR count). The van der Waals surface area contributed by atoms with Gasteiger partial charge in [0.05, 0.1) is 18.2 Å². The number of carbonyl (C=O) groups is 1. The average molecular weight is 289 g/mol. The topological polar surface area (TPSA) is 48.4 Å². The molecule has 21 heavy (non-hydrogen) atoms. The van der Waals surface area contributed by atoms with E-state index in [4.69, 9.17) is 9.47 Å². The number of carbonyl (C=O) groups excluding carboxylic acids is 1. The van der Waals surface area contributed by atoms with E-state index in [-0.39, 0.29) is 0 Å². The minimum absolute atomic E-state index is 0.326. The number of halogens is 1. The minimum Gasteiger partial charge on any atom is -0.465 e. The molecule has 0 atom stereocenters. The van der Waals surface area contributed by atoms with Crippen molar-refractivity contribution >= 4 is 16.9 Å². The Kier molecular flexibility index (Phi) is 3.59. The van der Waals surface area contributed by atoms with Gasteiger partial charge in [-0.25, -0.2) is 9.18 Å². The maximum Gasteiger partial charge on any atom is 0.338 e. The van der Waals surface area contributed by atoms with Crippen LogP contribution in [-0.4, -0.2) is 31.3 Å². The third-order valence-corrected chi connectivity index (χ3v) is 3.95. The van der Waals surface area contributed by atoms with E-state index in [0.717, 1.165) is 0 Å². The van der Waals surface area contributed by atoms with Crippen molar-refractivity contribution in [2.75, 3.05) is 20.3 Å². The first kappa shape index (κ1) is 13.9. The standard InChI is InChI=1S/C16H16FNO3/c1-20-15(19)12-4-7-18-14-3-2-11(10-13(12)14)16(17)5-8-21-9-6-16/h2-4,7,10H,5-6,8-9H2,1H3. The van der Waals surface area contributed by atoms with E-state index < -0.39 is 11.6 Å². The summed E-state index contributed by atoms with van der Waals surface area (Å²) >= 11 is 0. The molecule has 1 aliphatic heterocycles. The van der Waals surface area contributed by atoms with Crippen molar-refractivity contribution in [3.63, 3.8) is 0 Å². The first-order valence-electron chi connectivity index (χ1n) is 6.88. The van der Waals surface area contributed by atoms with E-state index in [1.165, 1.54) is 7.11 Å². The number of methoxy groups -OCH3 is 1. The van der Waals surface area contributed by atoms with Gasteiger partial charge in [-0.1, -0.05) is 6.07 Å². The van der Waals surface area contributed by atoms with Crippen LogP contribution >= 0.6 is 0 Å². The third-order valence-electron chi connectivity index (χ3n) is 3.95. The molecule has 4 nitrogen and oxygen atoms in total. The van der Waals surface area contributed by atoms with Gasteiger partial charge in [0.25, 0.3) is 0 Å². The van der Waals surface area contributed by atoms with Gasteiger partial charge >= 0.3 is 5.97 Å². The number of rotatable bonds is 2. The van der Waals surface area contributed by atoms with Crippen LogP contribution in [0.4, 0.5) is 4.39 Å². The highest BCUT2D eigenvalue weighted by atomic mass is 19.1. The van der Waals surface area contributed by atoms with Crippen LogP contribution in [-0.2, 0) is 15.1 Å². The summed E-state index contributed by atoms with van der Waals surface area (Å²) in [6.07, 6.45) is 2.20. The molecular weight excluding hydrogens is 273 g/mol. The summed E-state index contributed by atoms with van der Waals surface area (Å²) in [5.41, 5.74) is 0.212. The lowest BCUT2D eigenvalue weighted by Crippen LogP contribution is -2.29. The van der Waals surface area contributed by atoms with Gasteiger partial charge < -0.3 is 9.47 Å². The second-order valence-corrected chi connectivity index (χ2v) is 5.16. The van der Waals surface area contributed by atoms with E-state index in [1.54, 1.807) is 30.5 Å². The Balaban J connectivity index is 2.12. The van der Waals surface area contributed by atoms with Crippen molar-refractivity contribution in [3.8, 4) is 0 Å². The van der Waals surface area contributed by atoms with Gasteiger partial charge in [-0.3, -0.25) is 4.98 Å². The summed E-state index contributed by atoms with van der Waals surface area (Å²) in [5.74, 6) is -0.445. The number of pyridine rings is 1. The van der Waals surface area contributed by atoms with Gasteiger partial charge in [0, 0.05) is 37.6 Å². The first-order valence-corrected chi connectivity index (χ1v) is 6.88. The Bertz CT molecular complexity index is 680. The molecule has 1 aromatic carbocycles. The molecule has 0 amide bonds. The number of benzene rings is 1. The van der Waals surface area contributed by atoms with Crippen LogP contribution in [0.5, 0.6) is 0 Å². The number of hydrogen-bond acceptors (Lipinski definition) is 4. The van der Waals surface area contributed by atoms with Crippen LogP contribution in [0, 0.1) is 0 Å². The summed E-state index contributed by atoms with van der Waals surface area (Å²) in [4.78, 5) is 16.0.